The molecule has 7 heteroatoms. The number of ether oxygens (including phenoxy) is 1. The third kappa shape index (κ3) is 6.79. The van der Waals surface area contributed by atoms with Crippen LogP contribution in [0.4, 0.5) is 4.39 Å². The Morgan fingerprint density at radius 1 is 1.27 bits per heavy atom. The van der Waals surface area contributed by atoms with E-state index in [0.717, 1.165) is 18.4 Å². The van der Waals surface area contributed by atoms with Gasteiger partial charge in [-0.25, -0.2) is 4.39 Å². The topological polar surface area (TPSA) is 49.9 Å². The number of amides is 2. The number of fused-ring (bicyclic) bond motifs is 1. The van der Waals surface area contributed by atoms with E-state index in [1.54, 1.807) is 28.4 Å². The first-order valence-corrected chi connectivity index (χ1v) is 12.7. The molecule has 0 bridgehead atoms. The molecule has 2 heterocycles. The monoisotopic (exact) mass is 474 g/mol. The molecule has 2 atom stereocenters. The van der Waals surface area contributed by atoms with Crippen molar-refractivity contribution in [2.45, 2.75) is 53.0 Å². The molecule has 3 rings (SSSR count). The van der Waals surface area contributed by atoms with Gasteiger partial charge in [0.1, 0.15) is 18.2 Å². The van der Waals surface area contributed by atoms with Crippen LogP contribution in [0, 0.1) is 17.7 Å². The van der Waals surface area contributed by atoms with Crippen molar-refractivity contribution in [3.05, 3.63) is 52.0 Å². The second-order valence-electron chi connectivity index (χ2n) is 9.31. The van der Waals surface area contributed by atoms with Gasteiger partial charge < -0.3 is 14.5 Å². The molecule has 2 amide bonds. The molecule has 0 saturated carbocycles. The summed E-state index contributed by atoms with van der Waals surface area (Å²) in [4.78, 5) is 31.2. The van der Waals surface area contributed by atoms with Gasteiger partial charge in [-0.15, -0.1) is 11.3 Å². The van der Waals surface area contributed by atoms with Crippen molar-refractivity contribution in [1.29, 1.82) is 0 Å². The lowest BCUT2D eigenvalue weighted by Gasteiger charge is -2.37. The lowest BCUT2D eigenvalue weighted by Crippen LogP contribution is -2.48. The SMILES string of the molecule is CC[C@@H](C)CN(CC(=O)N1CCc2sccc2[C@@H]1COc1cccc(F)c1)C(=O)CC(C)C. The average molecular weight is 475 g/mol. The molecule has 0 N–H and O–H groups in total. The van der Waals surface area contributed by atoms with E-state index in [1.165, 1.54) is 17.0 Å². The van der Waals surface area contributed by atoms with Crippen LogP contribution >= 0.6 is 11.3 Å². The van der Waals surface area contributed by atoms with Crippen LogP contribution in [0.3, 0.4) is 0 Å². The zero-order valence-electron chi connectivity index (χ0n) is 20.1. The zero-order valence-corrected chi connectivity index (χ0v) is 20.9. The second-order valence-corrected chi connectivity index (χ2v) is 10.3. The van der Waals surface area contributed by atoms with Crippen LogP contribution in [-0.2, 0) is 16.0 Å². The highest BCUT2D eigenvalue weighted by molar-refractivity contribution is 7.10. The first-order valence-electron chi connectivity index (χ1n) is 11.8. The molecule has 0 aliphatic carbocycles. The molecule has 5 nitrogen and oxygen atoms in total. The first-order chi connectivity index (χ1) is 15.8. The Morgan fingerprint density at radius 2 is 2.06 bits per heavy atom. The van der Waals surface area contributed by atoms with Crippen LogP contribution in [0.5, 0.6) is 5.75 Å². The van der Waals surface area contributed by atoms with E-state index in [4.69, 9.17) is 4.74 Å². The molecule has 180 valence electrons. The predicted octanol–water partition coefficient (Wildman–Crippen LogP) is 5.31. The molecular formula is C26H35FN2O3S. The fraction of sp³-hybridized carbons (Fsp3) is 0.538. The van der Waals surface area contributed by atoms with Crippen LogP contribution < -0.4 is 4.74 Å². The third-order valence-electron chi connectivity index (χ3n) is 6.11. The van der Waals surface area contributed by atoms with E-state index in [2.05, 4.69) is 13.8 Å². The number of hydrogen-bond acceptors (Lipinski definition) is 4. The molecular weight excluding hydrogens is 439 g/mol. The number of thiophene rings is 1. The molecule has 0 fully saturated rings. The Labute approximate surface area is 200 Å². The van der Waals surface area contributed by atoms with E-state index in [-0.39, 0.29) is 42.7 Å². The summed E-state index contributed by atoms with van der Waals surface area (Å²) in [7, 11) is 0. The van der Waals surface area contributed by atoms with Gasteiger partial charge in [0.2, 0.25) is 11.8 Å². The van der Waals surface area contributed by atoms with Crippen LogP contribution in [-0.4, -0.2) is 47.9 Å². The van der Waals surface area contributed by atoms with Gasteiger partial charge in [0.25, 0.3) is 0 Å². The summed E-state index contributed by atoms with van der Waals surface area (Å²) in [6.45, 7) is 9.71. The van der Waals surface area contributed by atoms with E-state index in [0.29, 0.717) is 31.2 Å². The first kappa shape index (κ1) is 25.2. The molecule has 0 unspecified atom stereocenters. The standard InChI is InChI=1S/C26H35FN2O3S/c1-5-19(4)15-28(25(30)13-18(2)3)16-26(31)29-11-9-24-22(10-12-33-24)23(29)17-32-21-8-6-7-20(27)14-21/h6-8,10,12,14,18-19,23H,5,9,11,13,15-17H2,1-4H3/t19-,23+/m1/s1. The highest BCUT2D eigenvalue weighted by atomic mass is 32.1. The number of nitrogens with zero attached hydrogens (tertiary/aromatic N) is 2. The molecule has 0 radical (unpaired) electrons. The smallest absolute Gasteiger partial charge is 0.242 e. The number of carbonyl (C=O) groups is 2. The van der Waals surface area contributed by atoms with E-state index < -0.39 is 0 Å². The largest absolute Gasteiger partial charge is 0.491 e. The Hall–Kier alpha value is -2.41. The van der Waals surface area contributed by atoms with Crippen LogP contribution in [0.15, 0.2) is 35.7 Å². The Morgan fingerprint density at radius 3 is 2.76 bits per heavy atom. The minimum Gasteiger partial charge on any atom is -0.491 e. The average Bonchev–Trinajstić information content (AvgIpc) is 3.25. The van der Waals surface area contributed by atoms with Crippen molar-refractivity contribution < 1.29 is 18.7 Å². The van der Waals surface area contributed by atoms with Gasteiger partial charge in [0.15, 0.2) is 0 Å². The van der Waals surface area contributed by atoms with E-state index in [9.17, 15) is 14.0 Å². The number of hydrogen-bond donors (Lipinski definition) is 0. The number of rotatable bonds is 10. The molecule has 1 aromatic heterocycles. The zero-order chi connectivity index (χ0) is 24.0. The maximum absolute atomic E-state index is 13.6. The molecule has 2 aromatic rings. The summed E-state index contributed by atoms with van der Waals surface area (Å²) in [5.74, 6) is 0.605. The molecule has 0 saturated heterocycles. The van der Waals surface area contributed by atoms with Crippen molar-refractivity contribution in [2.24, 2.45) is 11.8 Å². The van der Waals surface area contributed by atoms with Gasteiger partial charge in [-0.2, -0.15) is 0 Å². The lowest BCUT2D eigenvalue weighted by atomic mass is 10.00. The lowest BCUT2D eigenvalue weighted by molar-refractivity contribution is -0.143. The van der Waals surface area contributed by atoms with Gasteiger partial charge in [-0.05, 0) is 47.4 Å². The molecule has 1 aliphatic heterocycles. The Kier molecular flexibility index (Phi) is 8.89. The fourth-order valence-electron chi connectivity index (χ4n) is 4.10. The van der Waals surface area contributed by atoms with Gasteiger partial charge in [-0.3, -0.25) is 9.59 Å². The molecule has 1 aliphatic rings. The van der Waals surface area contributed by atoms with Gasteiger partial charge in [-0.1, -0.05) is 40.2 Å². The maximum Gasteiger partial charge on any atom is 0.242 e. The quantitative estimate of drug-likeness (QED) is 0.469. The number of halogens is 1. The van der Waals surface area contributed by atoms with Gasteiger partial charge in [0, 0.05) is 30.5 Å². The fourth-order valence-corrected chi connectivity index (χ4v) is 5.03. The minimum absolute atomic E-state index is 0.0273. The second kappa shape index (κ2) is 11.6. The molecule has 1 aromatic carbocycles. The summed E-state index contributed by atoms with van der Waals surface area (Å²) in [5.41, 5.74) is 1.08. The highest BCUT2D eigenvalue weighted by Crippen LogP contribution is 2.34. The Bertz CT molecular complexity index is 945. The van der Waals surface area contributed by atoms with Crippen LogP contribution in [0.25, 0.3) is 0 Å². The molecule has 33 heavy (non-hydrogen) atoms. The minimum atomic E-state index is -0.357. The van der Waals surface area contributed by atoms with E-state index >= 15 is 0 Å². The number of carbonyl (C=O) groups excluding carboxylic acids is 2. The normalized spacial score (nSPS) is 16.4. The highest BCUT2D eigenvalue weighted by Gasteiger charge is 2.33. The van der Waals surface area contributed by atoms with Crippen molar-refractivity contribution in [1.82, 2.24) is 9.80 Å². The summed E-state index contributed by atoms with van der Waals surface area (Å²) >= 11 is 1.69. The van der Waals surface area contributed by atoms with Crippen molar-refractivity contribution in [3.63, 3.8) is 0 Å². The van der Waals surface area contributed by atoms with E-state index in [1.807, 2.05) is 30.2 Å². The summed E-state index contributed by atoms with van der Waals surface area (Å²) in [6.07, 6.45) is 2.18. The summed E-state index contributed by atoms with van der Waals surface area (Å²) < 4.78 is 19.5. The van der Waals surface area contributed by atoms with Crippen LogP contribution in [0.1, 0.15) is 57.0 Å². The van der Waals surface area contributed by atoms with Crippen molar-refractivity contribution >= 4 is 23.2 Å². The Balaban J connectivity index is 1.77. The van der Waals surface area contributed by atoms with Gasteiger partial charge in [0.05, 0.1) is 12.6 Å². The summed E-state index contributed by atoms with van der Waals surface area (Å²) in [6, 6.07) is 7.83. The third-order valence-corrected chi connectivity index (χ3v) is 7.11. The maximum atomic E-state index is 13.6. The van der Waals surface area contributed by atoms with Crippen molar-refractivity contribution in [2.75, 3.05) is 26.2 Å². The summed E-state index contributed by atoms with van der Waals surface area (Å²) in [5, 5.41) is 2.04. The van der Waals surface area contributed by atoms with Gasteiger partial charge >= 0.3 is 0 Å². The predicted molar refractivity (Wildman–Crippen MR) is 130 cm³/mol. The molecule has 0 spiro atoms. The number of benzene rings is 1. The van der Waals surface area contributed by atoms with Crippen molar-refractivity contribution in [3.8, 4) is 5.75 Å². The van der Waals surface area contributed by atoms with Crippen LogP contribution in [0.2, 0.25) is 0 Å².